The van der Waals surface area contributed by atoms with Crippen molar-refractivity contribution in [2.24, 2.45) is 0 Å². The SMILES string of the molecule is CCC(C)(C)c1ccc(C(O)c2cccc(Br)c2F)cc1. The molecule has 2 rings (SSSR count). The molecule has 0 heterocycles. The summed E-state index contributed by atoms with van der Waals surface area (Å²) in [6.45, 7) is 6.53. The molecule has 21 heavy (non-hydrogen) atoms. The molecule has 2 aromatic rings. The molecule has 0 fully saturated rings. The van der Waals surface area contributed by atoms with Gasteiger partial charge in [-0.15, -0.1) is 0 Å². The highest BCUT2D eigenvalue weighted by atomic mass is 79.9. The summed E-state index contributed by atoms with van der Waals surface area (Å²) in [4.78, 5) is 0. The zero-order valence-corrected chi connectivity index (χ0v) is 14.1. The highest BCUT2D eigenvalue weighted by Crippen LogP contribution is 2.31. The summed E-state index contributed by atoms with van der Waals surface area (Å²) in [6, 6.07) is 12.7. The first-order chi connectivity index (χ1) is 9.86. The standard InChI is InChI=1S/C18H20BrFO/c1-4-18(2,3)13-10-8-12(9-11-13)17(21)14-6-5-7-15(19)16(14)20/h5-11,17,21H,4H2,1-3H3. The summed E-state index contributed by atoms with van der Waals surface area (Å²) in [6.07, 6.45) is 0.0797. The minimum Gasteiger partial charge on any atom is -0.384 e. The lowest BCUT2D eigenvalue weighted by Gasteiger charge is -2.24. The number of hydrogen-bond donors (Lipinski definition) is 1. The molecule has 0 saturated heterocycles. The fourth-order valence-electron chi connectivity index (χ4n) is 2.23. The van der Waals surface area contributed by atoms with Crippen LogP contribution in [0.5, 0.6) is 0 Å². The summed E-state index contributed by atoms with van der Waals surface area (Å²) in [5, 5.41) is 10.4. The first kappa shape index (κ1) is 16.2. The lowest BCUT2D eigenvalue weighted by molar-refractivity contribution is 0.214. The van der Waals surface area contributed by atoms with Crippen LogP contribution in [0.1, 0.15) is 50.0 Å². The predicted octanol–water partition coefficient (Wildman–Crippen LogP) is 5.36. The molecule has 2 aromatic carbocycles. The molecule has 1 unspecified atom stereocenters. The minimum atomic E-state index is -0.957. The number of rotatable bonds is 4. The Bertz CT molecular complexity index is 620. The van der Waals surface area contributed by atoms with Crippen LogP contribution >= 0.6 is 15.9 Å². The molecule has 0 spiro atoms. The lowest BCUT2D eigenvalue weighted by atomic mass is 9.81. The second-order valence-corrected chi connectivity index (χ2v) is 6.76. The molecule has 0 aliphatic rings. The highest BCUT2D eigenvalue weighted by molar-refractivity contribution is 9.10. The second-order valence-electron chi connectivity index (χ2n) is 5.91. The van der Waals surface area contributed by atoms with Crippen molar-refractivity contribution >= 4 is 15.9 Å². The largest absolute Gasteiger partial charge is 0.384 e. The highest BCUT2D eigenvalue weighted by Gasteiger charge is 2.20. The molecule has 0 aromatic heterocycles. The third-order valence-corrected chi connectivity index (χ3v) is 4.78. The molecule has 0 aliphatic carbocycles. The molecule has 0 saturated carbocycles. The number of halogens is 2. The van der Waals surface area contributed by atoms with E-state index in [1.807, 2.05) is 24.3 Å². The van der Waals surface area contributed by atoms with Crippen LogP contribution in [0.25, 0.3) is 0 Å². The summed E-state index contributed by atoms with van der Waals surface area (Å²) < 4.78 is 14.4. The van der Waals surface area contributed by atoms with Crippen LogP contribution in [0, 0.1) is 5.82 Å². The van der Waals surface area contributed by atoms with E-state index in [-0.39, 0.29) is 11.0 Å². The number of benzene rings is 2. The van der Waals surface area contributed by atoms with Gasteiger partial charge < -0.3 is 5.11 Å². The molecule has 1 atom stereocenters. The van der Waals surface area contributed by atoms with Crippen molar-refractivity contribution in [2.75, 3.05) is 0 Å². The van der Waals surface area contributed by atoms with Crippen LogP contribution in [0.15, 0.2) is 46.9 Å². The molecular weight excluding hydrogens is 331 g/mol. The van der Waals surface area contributed by atoms with E-state index in [1.54, 1.807) is 18.2 Å². The first-order valence-corrected chi connectivity index (χ1v) is 7.88. The smallest absolute Gasteiger partial charge is 0.143 e. The zero-order chi connectivity index (χ0) is 15.6. The van der Waals surface area contributed by atoms with Gasteiger partial charge in [0.25, 0.3) is 0 Å². The fourth-order valence-corrected chi connectivity index (χ4v) is 2.61. The Morgan fingerprint density at radius 3 is 2.33 bits per heavy atom. The maximum atomic E-state index is 14.1. The molecule has 1 N–H and O–H groups in total. The van der Waals surface area contributed by atoms with Gasteiger partial charge in [0.2, 0.25) is 0 Å². The van der Waals surface area contributed by atoms with Gasteiger partial charge in [-0.05, 0) is 45.0 Å². The number of hydrogen-bond acceptors (Lipinski definition) is 1. The third kappa shape index (κ3) is 3.35. The van der Waals surface area contributed by atoms with Gasteiger partial charge in [0, 0.05) is 5.56 Å². The maximum absolute atomic E-state index is 14.1. The van der Waals surface area contributed by atoms with Crippen LogP contribution in [0.4, 0.5) is 4.39 Å². The van der Waals surface area contributed by atoms with Gasteiger partial charge in [0.15, 0.2) is 0 Å². The summed E-state index contributed by atoms with van der Waals surface area (Å²) in [5.74, 6) is -0.414. The van der Waals surface area contributed by atoms with Crippen molar-refractivity contribution < 1.29 is 9.50 Å². The quantitative estimate of drug-likeness (QED) is 0.786. The Hall–Kier alpha value is -1.19. The van der Waals surface area contributed by atoms with Gasteiger partial charge in [-0.3, -0.25) is 0 Å². The van der Waals surface area contributed by atoms with E-state index >= 15 is 0 Å². The predicted molar refractivity (Wildman–Crippen MR) is 87.9 cm³/mol. The molecule has 0 bridgehead atoms. The Morgan fingerprint density at radius 2 is 1.76 bits per heavy atom. The lowest BCUT2D eigenvalue weighted by Crippen LogP contribution is -2.15. The van der Waals surface area contributed by atoms with Crippen molar-refractivity contribution in [3.8, 4) is 0 Å². The van der Waals surface area contributed by atoms with E-state index in [4.69, 9.17) is 0 Å². The molecule has 0 aliphatic heterocycles. The van der Waals surface area contributed by atoms with Crippen molar-refractivity contribution in [1.82, 2.24) is 0 Å². The Kier molecular flexibility index (Phi) is 4.84. The average Bonchev–Trinajstić information content (AvgIpc) is 2.49. The molecule has 1 nitrogen and oxygen atoms in total. The van der Waals surface area contributed by atoms with Crippen LogP contribution < -0.4 is 0 Å². The van der Waals surface area contributed by atoms with Gasteiger partial charge >= 0.3 is 0 Å². The van der Waals surface area contributed by atoms with Crippen molar-refractivity contribution in [3.05, 3.63) is 69.4 Å². The molecule has 3 heteroatoms. The van der Waals surface area contributed by atoms with Crippen molar-refractivity contribution in [3.63, 3.8) is 0 Å². The van der Waals surface area contributed by atoms with Gasteiger partial charge in [0.1, 0.15) is 11.9 Å². The zero-order valence-electron chi connectivity index (χ0n) is 12.5. The van der Waals surface area contributed by atoms with E-state index in [0.717, 1.165) is 6.42 Å². The van der Waals surface area contributed by atoms with Gasteiger partial charge in [-0.2, -0.15) is 0 Å². The van der Waals surface area contributed by atoms with E-state index in [1.165, 1.54) is 5.56 Å². The van der Waals surface area contributed by atoms with Crippen LogP contribution in [0.2, 0.25) is 0 Å². The molecule has 0 radical (unpaired) electrons. The molecule has 0 amide bonds. The number of aliphatic hydroxyl groups is 1. The van der Waals surface area contributed by atoms with Gasteiger partial charge in [-0.25, -0.2) is 4.39 Å². The summed E-state index contributed by atoms with van der Waals surface area (Å²) in [7, 11) is 0. The van der Waals surface area contributed by atoms with Crippen LogP contribution in [-0.2, 0) is 5.41 Å². The van der Waals surface area contributed by atoms with Crippen LogP contribution in [0.3, 0.4) is 0 Å². The Morgan fingerprint density at radius 1 is 1.14 bits per heavy atom. The normalized spacial score (nSPS) is 13.2. The Balaban J connectivity index is 2.32. The maximum Gasteiger partial charge on any atom is 0.143 e. The molecular formula is C18H20BrFO. The number of aliphatic hydroxyl groups excluding tert-OH is 1. The van der Waals surface area contributed by atoms with E-state index < -0.39 is 11.9 Å². The van der Waals surface area contributed by atoms with Crippen molar-refractivity contribution in [2.45, 2.75) is 38.7 Å². The van der Waals surface area contributed by atoms with E-state index in [9.17, 15) is 9.50 Å². The average molecular weight is 351 g/mol. The third-order valence-electron chi connectivity index (χ3n) is 4.17. The fraction of sp³-hybridized carbons (Fsp3) is 0.333. The summed E-state index contributed by atoms with van der Waals surface area (Å²) >= 11 is 3.15. The van der Waals surface area contributed by atoms with Crippen molar-refractivity contribution in [1.29, 1.82) is 0 Å². The van der Waals surface area contributed by atoms with E-state index in [0.29, 0.717) is 10.0 Å². The second kappa shape index (κ2) is 6.29. The van der Waals surface area contributed by atoms with E-state index in [2.05, 4.69) is 36.7 Å². The summed E-state index contributed by atoms with van der Waals surface area (Å²) in [5.41, 5.74) is 2.30. The van der Waals surface area contributed by atoms with Crippen LogP contribution in [-0.4, -0.2) is 5.11 Å². The van der Waals surface area contributed by atoms with Gasteiger partial charge in [-0.1, -0.05) is 57.2 Å². The monoisotopic (exact) mass is 350 g/mol. The van der Waals surface area contributed by atoms with Gasteiger partial charge in [0.05, 0.1) is 4.47 Å². The molecule has 112 valence electrons. The minimum absolute atomic E-state index is 0.102. The topological polar surface area (TPSA) is 20.2 Å². The Labute approximate surface area is 134 Å². The first-order valence-electron chi connectivity index (χ1n) is 7.09.